The van der Waals surface area contributed by atoms with Gasteiger partial charge in [0.15, 0.2) is 5.13 Å². The van der Waals surface area contributed by atoms with E-state index in [4.69, 9.17) is 9.47 Å². The number of thiazole rings is 1. The van der Waals surface area contributed by atoms with Crippen LogP contribution in [0.2, 0.25) is 0 Å². The van der Waals surface area contributed by atoms with Gasteiger partial charge in [-0.25, -0.2) is 9.97 Å². The van der Waals surface area contributed by atoms with E-state index in [1.165, 1.54) is 18.3 Å². The lowest BCUT2D eigenvalue weighted by Gasteiger charge is -2.38. The number of carbonyl (C=O) groups excluding carboxylic acids is 1. The minimum absolute atomic E-state index is 0.102. The molecule has 1 aliphatic rings. The summed E-state index contributed by atoms with van der Waals surface area (Å²) in [5.41, 5.74) is 0.228. The first kappa shape index (κ1) is 21.2. The van der Waals surface area contributed by atoms with Crippen molar-refractivity contribution >= 4 is 22.4 Å². The van der Waals surface area contributed by atoms with Crippen molar-refractivity contribution in [1.29, 1.82) is 0 Å². The average molecular weight is 415 g/mol. The summed E-state index contributed by atoms with van der Waals surface area (Å²) in [6, 6.07) is 5.57. The molecule has 2 aromatic heterocycles. The molecule has 1 saturated heterocycles. The molecular formula is C21H26N4O3S. The van der Waals surface area contributed by atoms with Gasteiger partial charge in [0, 0.05) is 63.1 Å². The molecule has 1 aliphatic heterocycles. The predicted octanol–water partition coefficient (Wildman–Crippen LogP) is 2.93. The monoisotopic (exact) mass is 414 g/mol. The zero-order valence-electron chi connectivity index (χ0n) is 17.0. The number of hydrogen-bond acceptors (Lipinski definition) is 7. The number of rotatable bonds is 6. The number of likely N-dealkylation sites (tertiary alicyclic amines) is 1. The van der Waals surface area contributed by atoms with Gasteiger partial charge in [-0.1, -0.05) is 12.0 Å². The molecule has 29 heavy (non-hydrogen) atoms. The van der Waals surface area contributed by atoms with Crippen LogP contribution in [0.5, 0.6) is 5.88 Å². The molecular weight excluding hydrogens is 388 g/mol. The highest BCUT2D eigenvalue weighted by Gasteiger charge is 2.33. The summed E-state index contributed by atoms with van der Waals surface area (Å²) in [4.78, 5) is 23.3. The Bertz CT molecular complexity index is 895. The van der Waals surface area contributed by atoms with Crippen molar-refractivity contribution in [3.8, 4) is 17.7 Å². The molecule has 1 N–H and O–H groups in total. The largest absolute Gasteiger partial charge is 0.481 e. The maximum Gasteiger partial charge on any atom is 0.223 e. The quantitative estimate of drug-likeness (QED) is 0.733. The number of ether oxygens (including phenoxy) is 2. The summed E-state index contributed by atoms with van der Waals surface area (Å²) < 4.78 is 11.2. The highest BCUT2D eigenvalue weighted by molar-refractivity contribution is 7.15. The van der Waals surface area contributed by atoms with Crippen LogP contribution in [0.15, 0.2) is 24.4 Å². The lowest BCUT2D eigenvalue weighted by Crippen LogP contribution is -2.45. The maximum absolute atomic E-state index is 11.2. The van der Waals surface area contributed by atoms with Crippen LogP contribution < -0.4 is 10.1 Å². The van der Waals surface area contributed by atoms with E-state index in [1.54, 1.807) is 13.2 Å². The van der Waals surface area contributed by atoms with Crippen LogP contribution in [-0.2, 0) is 16.1 Å². The first-order valence-corrected chi connectivity index (χ1v) is 10.5. The predicted molar refractivity (Wildman–Crippen MR) is 113 cm³/mol. The lowest BCUT2D eigenvalue weighted by molar-refractivity contribution is -0.114. The van der Waals surface area contributed by atoms with Crippen molar-refractivity contribution in [2.45, 2.75) is 38.8 Å². The summed E-state index contributed by atoms with van der Waals surface area (Å²) in [7, 11) is 1.60. The molecule has 0 bridgehead atoms. The Morgan fingerprint density at radius 3 is 2.86 bits per heavy atom. The second-order valence-corrected chi connectivity index (χ2v) is 7.95. The van der Waals surface area contributed by atoms with E-state index < -0.39 is 5.60 Å². The van der Waals surface area contributed by atoms with Gasteiger partial charge in [-0.2, -0.15) is 0 Å². The SMILES string of the molecule is CCOC1(C#Cc2cccc(OC)n2)CCN(Cc2cnc(NC(C)=O)s2)CC1. The first-order chi connectivity index (χ1) is 14.0. The fourth-order valence-electron chi connectivity index (χ4n) is 3.24. The van der Waals surface area contributed by atoms with Crippen LogP contribution in [0.1, 0.15) is 37.3 Å². The lowest BCUT2D eigenvalue weighted by atomic mass is 9.91. The van der Waals surface area contributed by atoms with Gasteiger partial charge in [0.2, 0.25) is 11.8 Å². The topological polar surface area (TPSA) is 76.6 Å². The second-order valence-electron chi connectivity index (χ2n) is 6.83. The van der Waals surface area contributed by atoms with Gasteiger partial charge in [0.05, 0.1) is 7.11 Å². The second kappa shape index (κ2) is 9.83. The van der Waals surface area contributed by atoms with Crippen molar-refractivity contribution in [3.63, 3.8) is 0 Å². The maximum atomic E-state index is 11.2. The van der Waals surface area contributed by atoms with Crippen LogP contribution >= 0.6 is 11.3 Å². The number of pyridine rings is 1. The van der Waals surface area contributed by atoms with Gasteiger partial charge in [-0.05, 0) is 18.9 Å². The Labute approximate surface area is 175 Å². The van der Waals surface area contributed by atoms with E-state index in [0.29, 0.717) is 23.3 Å². The van der Waals surface area contributed by atoms with E-state index in [0.717, 1.165) is 37.4 Å². The molecule has 154 valence electrons. The Balaban J connectivity index is 1.62. The van der Waals surface area contributed by atoms with Gasteiger partial charge in [-0.15, -0.1) is 11.3 Å². The molecule has 0 unspecified atom stereocenters. The number of nitrogens with one attached hydrogen (secondary N) is 1. The van der Waals surface area contributed by atoms with Crippen LogP contribution in [0, 0.1) is 11.8 Å². The molecule has 0 radical (unpaired) electrons. The Morgan fingerprint density at radius 2 is 2.17 bits per heavy atom. The van der Waals surface area contributed by atoms with Gasteiger partial charge in [0.25, 0.3) is 0 Å². The number of aromatic nitrogens is 2. The molecule has 1 fully saturated rings. The molecule has 0 atom stereocenters. The third kappa shape index (κ3) is 6.00. The van der Waals surface area contributed by atoms with Crippen LogP contribution in [0.3, 0.4) is 0 Å². The third-order valence-electron chi connectivity index (χ3n) is 4.65. The molecule has 2 aromatic rings. The van der Waals surface area contributed by atoms with Crippen molar-refractivity contribution in [2.24, 2.45) is 0 Å². The summed E-state index contributed by atoms with van der Waals surface area (Å²) in [5.74, 6) is 6.96. The standard InChI is InChI=1S/C21H26N4O3S/c1-4-28-21(9-8-17-6-5-7-19(24-17)27-3)10-12-25(13-11-21)15-18-14-22-20(29-18)23-16(2)26/h5-7,14H,4,10-13,15H2,1-3H3,(H,22,23,26). The van der Waals surface area contributed by atoms with Crippen molar-refractivity contribution in [2.75, 3.05) is 32.1 Å². The third-order valence-corrected chi connectivity index (χ3v) is 5.55. The fraction of sp³-hybridized carbons (Fsp3) is 0.476. The molecule has 7 nitrogen and oxygen atoms in total. The molecule has 8 heteroatoms. The molecule has 3 heterocycles. The minimum atomic E-state index is -0.453. The molecule has 0 aromatic carbocycles. The fourth-order valence-corrected chi connectivity index (χ4v) is 4.14. The van der Waals surface area contributed by atoms with Crippen LogP contribution in [0.25, 0.3) is 0 Å². The molecule has 0 aliphatic carbocycles. The van der Waals surface area contributed by atoms with Gasteiger partial charge in [0.1, 0.15) is 11.3 Å². The number of hydrogen-bond donors (Lipinski definition) is 1. The Kier molecular flexibility index (Phi) is 7.20. The molecule has 0 spiro atoms. The van der Waals surface area contributed by atoms with E-state index in [-0.39, 0.29) is 5.91 Å². The zero-order valence-corrected chi connectivity index (χ0v) is 17.8. The Hall–Kier alpha value is -2.47. The number of piperidine rings is 1. The summed E-state index contributed by atoms with van der Waals surface area (Å²) in [6.45, 7) is 6.68. The van der Waals surface area contributed by atoms with E-state index in [9.17, 15) is 4.79 Å². The molecule has 1 amide bonds. The smallest absolute Gasteiger partial charge is 0.223 e. The van der Waals surface area contributed by atoms with Gasteiger partial charge < -0.3 is 14.8 Å². The number of amides is 1. The number of methoxy groups -OCH3 is 1. The number of anilines is 1. The minimum Gasteiger partial charge on any atom is -0.481 e. The first-order valence-electron chi connectivity index (χ1n) is 9.65. The van der Waals surface area contributed by atoms with Crippen molar-refractivity contribution < 1.29 is 14.3 Å². The number of carbonyl (C=O) groups is 1. The average Bonchev–Trinajstić information content (AvgIpc) is 3.15. The van der Waals surface area contributed by atoms with Gasteiger partial charge in [-0.3, -0.25) is 9.69 Å². The van der Waals surface area contributed by atoms with Crippen molar-refractivity contribution in [3.05, 3.63) is 35.0 Å². The van der Waals surface area contributed by atoms with Gasteiger partial charge >= 0.3 is 0 Å². The van der Waals surface area contributed by atoms with E-state index in [1.807, 2.05) is 25.3 Å². The molecule has 0 saturated carbocycles. The Morgan fingerprint density at radius 1 is 1.38 bits per heavy atom. The normalized spacial score (nSPS) is 16.0. The van der Waals surface area contributed by atoms with Crippen LogP contribution in [0.4, 0.5) is 5.13 Å². The highest BCUT2D eigenvalue weighted by atomic mass is 32.1. The summed E-state index contributed by atoms with van der Waals surface area (Å²) in [5, 5.41) is 3.37. The van der Waals surface area contributed by atoms with E-state index in [2.05, 4.69) is 32.0 Å². The highest BCUT2D eigenvalue weighted by Crippen LogP contribution is 2.28. The molecule has 3 rings (SSSR count). The van der Waals surface area contributed by atoms with Crippen LogP contribution in [-0.4, -0.2) is 53.2 Å². The summed E-state index contributed by atoms with van der Waals surface area (Å²) >= 11 is 1.51. The number of nitrogens with zero attached hydrogens (tertiary/aromatic N) is 3. The van der Waals surface area contributed by atoms with Crippen molar-refractivity contribution in [1.82, 2.24) is 14.9 Å². The zero-order chi connectivity index (χ0) is 20.7. The van der Waals surface area contributed by atoms with E-state index >= 15 is 0 Å². The summed E-state index contributed by atoms with van der Waals surface area (Å²) in [6.07, 6.45) is 3.49.